The quantitative estimate of drug-likeness (QED) is 0.0486. The molecule has 3 atom stereocenters. The Morgan fingerprint density at radius 2 is 0.880 bits per heavy atom. The van der Waals surface area contributed by atoms with Crippen LogP contribution >= 0.6 is 34.8 Å². The summed E-state index contributed by atoms with van der Waals surface area (Å²) in [5.74, 6) is -0.0791. The molecule has 6 aromatic rings. The van der Waals surface area contributed by atoms with Gasteiger partial charge in [-0.05, 0) is 189 Å². The number of anilines is 1. The van der Waals surface area contributed by atoms with Crippen LogP contribution < -0.4 is 31.5 Å². The van der Waals surface area contributed by atoms with Crippen LogP contribution in [0.15, 0.2) is 146 Å². The average Bonchev–Trinajstić information content (AvgIpc) is 1.65. The third-order valence-corrected chi connectivity index (χ3v) is 20.7. The fourth-order valence-corrected chi connectivity index (χ4v) is 14.1. The summed E-state index contributed by atoms with van der Waals surface area (Å²) in [5, 5.41) is 16.3. The lowest BCUT2D eigenvalue weighted by Crippen LogP contribution is -2.40. The molecule has 0 radical (unpaired) electrons. The Morgan fingerprint density at radius 1 is 0.470 bits per heavy atom. The maximum Gasteiger partial charge on any atom is 0.321 e. The number of carbonyl (C=O) groups is 9. The van der Waals surface area contributed by atoms with Crippen LogP contribution in [0.3, 0.4) is 0 Å². The number of nitrogens with zero attached hydrogens (tertiary/aromatic N) is 4. The molecule has 3 fully saturated rings. The number of amides is 9. The van der Waals surface area contributed by atoms with Crippen molar-refractivity contribution in [2.75, 3.05) is 18.5 Å². The standard InChI is InChI=1S/C27H30ClN3O3.2C26H28ClN3O3/c1-17-4-3-5-24(25(32)12-17)31-16-21-13-20(8-9-22(21)26(31)33)15-30-27(34)29-11-10-19-7-6-18(2)23(28)14-19;1-16-5-4-6-23(24(31)11-16)30-15-19-12-18(8-10-21(19)25(30)32)14-28-26(33)29(3)20-9-7-17(2)22(27)13-20;1-16-5-3-8-23(24(31)11-16)30-15-21-19(6-4-7-20(21)25(30)32)14-29-26(33)28-13-18-10-9-17(2)22(27)12-18/h6-9,13-14,24H,1,3-5,10-12,15-16H2,2H3,(H2,29,30,34);7-10,12-13,23H,1,4-6,11,14-15H2,2-3H3,(H,28,33);4,6-7,9-10,12,23H,1,3,5,8,11,13-15H2,2H3,(H2,28,29,33). The molecule has 18 nitrogen and oxygen atoms in total. The predicted molar refractivity (Wildman–Crippen MR) is 390 cm³/mol. The summed E-state index contributed by atoms with van der Waals surface area (Å²) in [4.78, 5) is 121. The summed E-state index contributed by atoms with van der Waals surface area (Å²) in [5.41, 5.74) is 15.7. The van der Waals surface area contributed by atoms with Gasteiger partial charge in [-0.2, -0.15) is 0 Å². The largest absolute Gasteiger partial charge is 0.338 e. The number of aryl methyl sites for hydroxylation is 3. The van der Waals surface area contributed by atoms with Gasteiger partial charge in [-0.25, -0.2) is 14.4 Å². The molecule has 6 aromatic carbocycles. The van der Waals surface area contributed by atoms with Gasteiger partial charge in [0.15, 0.2) is 17.3 Å². The van der Waals surface area contributed by atoms with E-state index in [1.165, 1.54) is 4.90 Å². The first kappa shape index (κ1) is 73.4. The van der Waals surface area contributed by atoms with Gasteiger partial charge in [0, 0.05) is 116 Å². The number of fused-ring (bicyclic) bond motifs is 3. The molecule has 3 aliphatic carbocycles. The summed E-state index contributed by atoms with van der Waals surface area (Å²) in [6.07, 6.45) is 8.86. The van der Waals surface area contributed by atoms with Gasteiger partial charge in [-0.15, -0.1) is 0 Å². The van der Waals surface area contributed by atoms with E-state index in [0.717, 1.165) is 121 Å². The molecule has 0 aromatic heterocycles. The van der Waals surface area contributed by atoms with Crippen LogP contribution in [0.1, 0.15) is 169 Å². The summed E-state index contributed by atoms with van der Waals surface area (Å²) in [6.45, 7) is 20.7. The lowest BCUT2D eigenvalue weighted by molar-refractivity contribution is -0.123. The molecule has 5 N–H and O–H groups in total. The van der Waals surface area contributed by atoms with Crippen molar-refractivity contribution < 1.29 is 43.2 Å². The van der Waals surface area contributed by atoms with E-state index in [9.17, 15) is 43.2 Å². The molecule has 12 rings (SSSR count). The van der Waals surface area contributed by atoms with E-state index in [-0.39, 0.29) is 65.2 Å². The Hall–Kier alpha value is -9.36. The Kier molecular flexibility index (Phi) is 24.4. The highest BCUT2D eigenvalue weighted by atomic mass is 35.5. The van der Waals surface area contributed by atoms with E-state index in [4.69, 9.17) is 34.8 Å². The van der Waals surface area contributed by atoms with E-state index in [1.807, 2.05) is 106 Å². The third kappa shape index (κ3) is 18.2. The predicted octanol–water partition coefficient (Wildman–Crippen LogP) is 14.4. The molecule has 21 heteroatoms. The van der Waals surface area contributed by atoms with Crippen molar-refractivity contribution in [1.29, 1.82) is 0 Å². The Labute approximate surface area is 599 Å². The minimum absolute atomic E-state index is 0.0638. The summed E-state index contributed by atoms with van der Waals surface area (Å²) >= 11 is 18.5. The van der Waals surface area contributed by atoms with Gasteiger partial charge in [-0.1, -0.05) is 138 Å². The highest BCUT2D eigenvalue weighted by molar-refractivity contribution is 6.32. The summed E-state index contributed by atoms with van der Waals surface area (Å²) in [6, 6.07) is 31.8. The fourth-order valence-electron chi connectivity index (χ4n) is 13.5. The van der Waals surface area contributed by atoms with Gasteiger partial charge in [-0.3, -0.25) is 33.7 Å². The van der Waals surface area contributed by atoms with Crippen LogP contribution in [-0.4, -0.2) is 99.6 Å². The molecular formula is C79H86Cl3N9O9. The van der Waals surface area contributed by atoms with Gasteiger partial charge in [0.05, 0.1) is 18.1 Å². The molecule has 3 aliphatic heterocycles. The minimum Gasteiger partial charge on any atom is -0.338 e. The van der Waals surface area contributed by atoms with E-state index >= 15 is 0 Å². The second kappa shape index (κ2) is 33.2. The average molecular weight is 1410 g/mol. The van der Waals surface area contributed by atoms with E-state index in [1.54, 1.807) is 46.0 Å². The van der Waals surface area contributed by atoms with Gasteiger partial charge < -0.3 is 41.3 Å². The first-order valence-corrected chi connectivity index (χ1v) is 35.2. The van der Waals surface area contributed by atoms with E-state index < -0.39 is 6.04 Å². The number of hydrogen-bond acceptors (Lipinski definition) is 9. The maximum atomic E-state index is 13.1. The molecule has 100 heavy (non-hydrogen) atoms. The minimum atomic E-state index is -0.408. The topological polar surface area (TPSA) is 227 Å². The number of benzene rings is 6. The fraction of sp³-hybridized carbons (Fsp3) is 0.354. The van der Waals surface area contributed by atoms with Crippen LogP contribution in [0, 0.1) is 20.8 Å². The van der Waals surface area contributed by atoms with Crippen LogP contribution in [0.25, 0.3) is 0 Å². The number of urea groups is 3. The van der Waals surface area contributed by atoms with Gasteiger partial charge in [0.2, 0.25) is 0 Å². The first-order valence-electron chi connectivity index (χ1n) is 34.1. The zero-order valence-corrected chi connectivity index (χ0v) is 59.5. The van der Waals surface area contributed by atoms with Crippen LogP contribution in [0.2, 0.25) is 15.1 Å². The zero-order chi connectivity index (χ0) is 71.5. The molecule has 3 heterocycles. The first-order chi connectivity index (χ1) is 47.9. The molecule has 0 bridgehead atoms. The second-order valence-electron chi connectivity index (χ2n) is 26.8. The highest BCUT2D eigenvalue weighted by Gasteiger charge is 2.40. The normalized spacial score (nSPS) is 18.1. The van der Waals surface area contributed by atoms with E-state index in [2.05, 4.69) is 46.3 Å². The molecule has 9 amide bonds. The van der Waals surface area contributed by atoms with E-state index in [0.29, 0.717) is 130 Å². The molecule has 3 unspecified atom stereocenters. The van der Waals surface area contributed by atoms with Crippen molar-refractivity contribution in [2.24, 2.45) is 0 Å². The van der Waals surface area contributed by atoms with Gasteiger partial charge >= 0.3 is 18.1 Å². The number of ketones is 3. The Bertz CT molecular complexity index is 4260. The van der Waals surface area contributed by atoms with Gasteiger partial charge in [0.25, 0.3) is 17.7 Å². The van der Waals surface area contributed by atoms with Crippen molar-refractivity contribution in [3.8, 4) is 0 Å². The van der Waals surface area contributed by atoms with Crippen molar-refractivity contribution >= 4 is 93.7 Å². The number of nitrogens with one attached hydrogen (secondary N) is 5. The van der Waals surface area contributed by atoms with Crippen molar-refractivity contribution in [1.82, 2.24) is 41.3 Å². The smallest absolute Gasteiger partial charge is 0.321 e. The molecule has 6 aliphatic rings. The summed E-state index contributed by atoms with van der Waals surface area (Å²) < 4.78 is 0. The van der Waals surface area contributed by atoms with Crippen molar-refractivity contribution in [3.05, 3.63) is 239 Å². The van der Waals surface area contributed by atoms with Crippen molar-refractivity contribution in [2.45, 2.75) is 168 Å². The lowest BCUT2D eigenvalue weighted by atomic mass is 10.0. The molecule has 522 valence electrons. The highest BCUT2D eigenvalue weighted by Crippen LogP contribution is 2.35. The molecule has 0 spiro atoms. The van der Waals surface area contributed by atoms with Crippen LogP contribution in [0.5, 0.6) is 0 Å². The molecule has 0 saturated heterocycles. The zero-order valence-electron chi connectivity index (χ0n) is 57.2. The summed E-state index contributed by atoms with van der Waals surface area (Å²) in [7, 11) is 1.69. The number of rotatable bonds is 15. The molecule has 3 saturated carbocycles. The van der Waals surface area contributed by atoms with Crippen LogP contribution in [-0.2, 0) is 66.6 Å². The number of hydrogen-bond donors (Lipinski definition) is 5. The SMILES string of the molecule is C=C1CCCC(N2Cc3c(CNC(=O)NCc4ccc(C)c(Cl)c4)cccc3C2=O)C(=O)C1.C=C1CCCC(N2Cc3cc(CNC(=O)N(C)c4ccc(C)c(Cl)c4)ccc3C2=O)C(=O)C1.C=C1CCCC(N2Cc3cc(CNC(=O)NCCc4ccc(C)c(Cl)c4)ccc3C2=O)C(=O)C1. The maximum absolute atomic E-state index is 13.1. The van der Waals surface area contributed by atoms with Crippen LogP contribution in [0.4, 0.5) is 20.1 Å². The lowest BCUT2D eigenvalue weighted by Gasteiger charge is -2.25. The molecular weight excluding hydrogens is 1330 g/mol. The van der Waals surface area contributed by atoms with Gasteiger partial charge in [0.1, 0.15) is 0 Å². The Morgan fingerprint density at radius 3 is 1.38 bits per heavy atom. The monoisotopic (exact) mass is 1410 g/mol. The third-order valence-electron chi connectivity index (χ3n) is 19.4. The number of Topliss-reactive ketones (excluding diaryl/α,β-unsaturated/α-hetero) is 3. The second-order valence-corrected chi connectivity index (χ2v) is 28.1. The number of allylic oxidation sites excluding steroid dienone is 3. The number of carbonyl (C=O) groups excluding carboxylic acids is 9. The number of halogens is 3. The Balaban J connectivity index is 0.000000162. The van der Waals surface area contributed by atoms with Crippen molar-refractivity contribution in [3.63, 3.8) is 0 Å².